The van der Waals surface area contributed by atoms with Crippen LogP contribution >= 0.6 is 11.6 Å². The minimum atomic E-state index is -0.506. The van der Waals surface area contributed by atoms with Gasteiger partial charge in [-0.3, -0.25) is 14.4 Å². The van der Waals surface area contributed by atoms with Crippen molar-refractivity contribution in [3.8, 4) is 11.9 Å². The summed E-state index contributed by atoms with van der Waals surface area (Å²) >= 11 is 5.97. The molecule has 0 bridgehead atoms. The van der Waals surface area contributed by atoms with Crippen LogP contribution in [0, 0.1) is 18.3 Å². The average Bonchev–Trinajstić information content (AvgIpc) is 2.69. The lowest BCUT2D eigenvalue weighted by Gasteiger charge is -2.14. The van der Waals surface area contributed by atoms with Crippen LogP contribution in [0.2, 0.25) is 5.02 Å². The van der Waals surface area contributed by atoms with Crippen molar-refractivity contribution in [1.29, 1.82) is 5.26 Å². The number of benzene rings is 2. The minimum Gasteiger partial charge on any atom is -0.494 e. The van der Waals surface area contributed by atoms with Gasteiger partial charge in [0.2, 0.25) is 5.88 Å². The van der Waals surface area contributed by atoms with Gasteiger partial charge in [0.1, 0.15) is 11.6 Å². The van der Waals surface area contributed by atoms with Crippen molar-refractivity contribution in [3.05, 3.63) is 92.2 Å². The van der Waals surface area contributed by atoms with Gasteiger partial charge in [-0.25, -0.2) is 0 Å². The molecule has 0 amide bonds. The molecule has 140 valence electrons. The lowest BCUT2D eigenvalue weighted by Crippen LogP contribution is -2.26. The van der Waals surface area contributed by atoms with E-state index < -0.39 is 5.56 Å². The Morgan fingerprint density at radius 3 is 2.64 bits per heavy atom. The summed E-state index contributed by atoms with van der Waals surface area (Å²) < 4.78 is 1.22. The first kappa shape index (κ1) is 19.4. The molecule has 0 radical (unpaired) electrons. The maximum Gasteiger partial charge on any atom is 0.271 e. The molecule has 0 saturated heterocycles. The topological polar surface area (TPSA) is 78.4 Å². The summed E-state index contributed by atoms with van der Waals surface area (Å²) in [6, 6.07) is 18.5. The number of halogens is 1. The van der Waals surface area contributed by atoms with Gasteiger partial charge in [-0.15, -0.1) is 0 Å². The number of hydrogen-bond donors (Lipinski definition) is 1. The lowest BCUT2D eigenvalue weighted by molar-refractivity contribution is 0.404. The summed E-state index contributed by atoms with van der Waals surface area (Å²) in [5.74, 6) is -0.205. The molecule has 0 unspecified atom stereocenters. The third-order valence-corrected chi connectivity index (χ3v) is 4.70. The van der Waals surface area contributed by atoms with Gasteiger partial charge in [0.25, 0.3) is 5.56 Å². The van der Waals surface area contributed by atoms with Gasteiger partial charge in [-0.2, -0.15) is 5.26 Å². The van der Waals surface area contributed by atoms with E-state index in [1.807, 2.05) is 36.4 Å². The first-order valence-corrected chi connectivity index (χ1v) is 9.09. The molecule has 0 atom stereocenters. The average molecular weight is 392 g/mol. The Balaban J connectivity index is 2.02. The fourth-order valence-corrected chi connectivity index (χ4v) is 3.10. The normalized spacial score (nSPS) is 10.9. The molecule has 6 heteroatoms. The summed E-state index contributed by atoms with van der Waals surface area (Å²) in [7, 11) is 0. The van der Waals surface area contributed by atoms with Crippen molar-refractivity contribution in [1.82, 2.24) is 4.57 Å². The Kier molecular flexibility index (Phi) is 5.93. The van der Waals surface area contributed by atoms with Crippen molar-refractivity contribution in [2.45, 2.75) is 19.9 Å². The Morgan fingerprint density at radius 1 is 1.21 bits per heavy atom. The monoisotopic (exact) mass is 391 g/mol. The third-order valence-electron chi connectivity index (χ3n) is 4.46. The van der Waals surface area contributed by atoms with Crippen LogP contribution in [0.5, 0.6) is 5.88 Å². The molecule has 0 aliphatic carbocycles. The summed E-state index contributed by atoms with van der Waals surface area (Å²) in [5, 5.41) is 20.7. The van der Waals surface area contributed by atoms with E-state index in [0.717, 1.165) is 5.56 Å². The molecule has 3 aromatic rings. The van der Waals surface area contributed by atoms with E-state index >= 15 is 0 Å². The van der Waals surface area contributed by atoms with E-state index in [1.54, 1.807) is 31.2 Å². The first-order valence-electron chi connectivity index (χ1n) is 8.71. The molecule has 0 aliphatic rings. The van der Waals surface area contributed by atoms with Gasteiger partial charge in [-0.05, 0) is 42.7 Å². The van der Waals surface area contributed by atoms with Gasteiger partial charge in [0, 0.05) is 17.8 Å². The number of pyridine rings is 1. The number of aryl methyl sites for hydroxylation is 1. The zero-order chi connectivity index (χ0) is 20.1. The van der Waals surface area contributed by atoms with Gasteiger partial charge in [-0.1, -0.05) is 48.0 Å². The second-order valence-electron chi connectivity index (χ2n) is 6.28. The van der Waals surface area contributed by atoms with Crippen molar-refractivity contribution in [2.24, 2.45) is 4.99 Å². The standard InChI is InChI=1S/C22H18ClN3O2/c1-15-19(13-24)21(27)26(11-10-16-6-3-2-4-7-16)22(28)20(15)14-25-18-9-5-8-17(23)12-18/h2-9,12,14,28H,10-11H2,1H3. The smallest absolute Gasteiger partial charge is 0.271 e. The van der Waals surface area contributed by atoms with E-state index in [1.165, 1.54) is 10.8 Å². The quantitative estimate of drug-likeness (QED) is 0.655. The predicted molar refractivity (Wildman–Crippen MR) is 111 cm³/mol. The second-order valence-corrected chi connectivity index (χ2v) is 6.72. The van der Waals surface area contributed by atoms with Crippen molar-refractivity contribution < 1.29 is 5.11 Å². The number of aliphatic imine (C=N–C) groups is 1. The predicted octanol–water partition coefficient (Wildman–Crippen LogP) is 4.38. The first-order chi connectivity index (χ1) is 13.5. The van der Waals surface area contributed by atoms with Crippen LogP contribution in [0.4, 0.5) is 5.69 Å². The van der Waals surface area contributed by atoms with Crippen LogP contribution in [0.25, 0.3) is 0 Å². The molecule has 1 heterocycles. The summed E-state index contributed by atoms with van der Waals surface area (Å²) in [6.07, 6.45) is 2.00. The minimum absolute atomic E-state index is 0.00148. The summed E-state index contributed by atoms with van der Waals surface area (Å²) in [5.41, 5.74) is 1.86. The molecule has 1 aromatic heterocycles. The zero-order valence-corrected chi connectivity index (χ0v) is 16.0. The number of aromatic nitrogens is 1. The molecular weight excluding hydrogens is 374 g/mol. The molecule has 0 aliphatic heterocycles. The summed E-state index contributed by atoms with van der Waals surface area (Å²) in [4.78, 5) is 17.0. The van der Waals surface area contributed by atoms with Gasteiger partial charge in [0.15, 0.2) is 0 Å². The zero-order valence-electron chi connectivity index (χ0n) is 15.3. The van der Waals surface area contributed by atoms with E-state index in [4.69, 9.17) is 11.6 Å². The van der Waals surface area contributed by atoms with Crippen LogP contribution in [0.15, 0.2) is 64.4 Å². The number of nitrogens with zero attached hydrogens (tertiary/aromatic N) is 3. The van der Waals surface area contributed by atoms with E-state index in [9.17, 15) is 15.2 Å². The number of aromatic hydroxyl groups is 1. The highest BCUT2D eigenvalue weighted by Gasteiger charge is 2.17. The van der Waals surface area contributed by atoms with Crippen LogP contribution in [-0.4, -0.2) is 15.9 Å². The second kappa shape index (κ2) is 8.55. The van der Waals surface area contributed by atoms with Crippen LogP contribution in [0.3, 0.4) is 0 Å². The fraction of sp³-hybridized carbons (Fsp3) is 0.136. The number of nitriles is 1. The molecule has 5 nitrogen and oxygen atoms in total. The molecule has 28 heavy (non-hydrogen) atoms. The highest BCUT2D eigenvalue weighted by atomic mass is 35.5. The lowest BCUT2D eigenvalue weighted by atomic mass is 10.1. The Morgan fingerprint density at radius 2 is 1.96 bits per heavy atom. The third kappa shape index (κ3) is 4.13. The molecule has 3 rings (SSSR count). The number of rotatable bonds is 5. The van der Waals surface area contributed by atoms with E-state index in [-0.39, 0.29) is 18.0 Å². The molecule has 1 N–H and O–H groups in total. The van der Waals surface area contributed by atoms with Crippen molar-refractivity contribution >= 4 is 23.5 Å². The van der Waals surface area contributed by atoms with Crippen LogP contribution in [0.1, 0.15) is 22.3 Å². The Labute approximate surface area is 167 Å². The fourth-order valence-electron chi connectivity index (χ4n) is 2.91. The Hall–Kier alpha value is -3.36. The molecule has 0 fully saturated rings. The van der Waals surface area contributed by atoms with Gasteiger partial charge in [0.05, 0.1) is 11.3 Å². The van der Waals surface area contributed by atoms with Gasteiger partial charge >= 0.3 is 0 Å². The van der Waals surface area contributed by atoms with Crippen molar-refractivity contribution in [2.75, 3.05) is 0 Å². The molecule has 0 saturated carbocycles. The van der Waals surface area contributed by atoms with Crippen LogP contribution in [-0.2, 0) is 13.0 Å². The van der Waals surface area contributed by atoms with E-state index in [2.05, 4.69) is 4.99 Å². The number of hydrogen-bond acceptors (Lipinski definition) is 4. The molecule has 0 spiro atoms. The molecular formula is C22H18ClN3O2. The summed E-state index contributed by atoms with van der Waals surface area (Å²) in [6.45, 7) is 1.88. The maximum absolute atomic E-state index is 12.7. The largest absolute Gasteiger partial charge is 0.494 e. The van der Waals surface area contributed by atoms with Crippen molar-refractivity contribution in [3.63, 3.8) is 0 Å². The Bertz CT molecular complexity index is 1130. The van der Waals surface area contributed by atoms with E-state index in [0.29, 0.717) is 28.3 Å². The van der Waals surface area contributed by atoms with Crippen LogP contribution < -0.4 is 5.56 Å². The highest BCUT2D eigenvalue weighted by molar-refractivity contribution is 6.30. The highest BCUT2D eigenvalue weighted by Crippen LogP contribution is 2.23. The van der Waals surface area contributed by atoms with Gasteiger partial charge < -0.3 is 5.11 Å². The molecule has 2 aromatic carbocycles. The SMILES string of the molecule is Cc1c(C=Nc2cccc(Cl)c2)c(O)n(CCc2ccccc2)c(=O)c1C#N. The maximum atomic E-state index is 12.7.